The number of hydrogen-bond acceptors (Lipinski definition) is 2. The summed E-state index contributed by atoms with van der Waals surface area (Å²) in [4.78, 5) is 22.4. The van der Waals surface area contributed by atoms with E-state index in [0.29, 0.717) is 12.8 Å². The topological polar surface area (TPSA) is 39.1 Å². The third-order valence-corrected chi connectivity index (χ3v) is 2.33. The minimum atomic E-state index is -0.0385. The Morgan fingerprint density at radius 2 is 2.00 bits per heavy atom. The molecule has 0 spiro atoms. The quantitative estimate of drug-likeness (QED) is 0.559. The first kappa shape index (κ1) is 7.28. The molecule has 12 heavy (non-hydrogen) atoms. The van der Waals surface area contributed by atoms with E-state index < -0.39 is 0 Å². The SMILES string of the molecule is Cn1c2c(ccc1=O)C(=O)CC2. The average molecular weight is 163 g/mol. The van der Waals surface area contributed by atoms with Crippen molar-refractivity contribution in [3.8, 4) is 0 Å². The average Bonchev–Trinajstić information content (AvgIpc) is 2.41. The van der Waals surface area contributed by atoms with Crippen LogP contribution in [-0.2, 0) is 13.5 Å². The Kier molecular flexibility index (Phi) is 1.40. The molecule has 1 aromatic rings. The van der Waals surface area contributed by atoms with Crippen LogP contribution < -0.4 is 5.56 Å². The molecule has 0 unspecified atom stereocenters. The minimum Gasteiger partial charge on any atom is -0.315 e. The van der Waals surface area contributed by atoms with Crippen LogP contribution in [0.3, 0.4) is 0 Å². The van der Waals surface area contributed by atoms with Gasteiger partial charge in [0, 0.05) is 30.8 Å². The summed E-state index contributed by atoms with van der Waals surface area (Å²) < 4.78 is 1.56. The highest BCUT2D eigenvalue weighted by Gasteiger charge is 2.21. The first-order chi connectivity index (χ1) is 5.70. The van der Waals surface area contributed by atoms with E-state index in [1.165, 1.54) is 6.07 Å². The first-order valence-corrected chi connectivity index (χ1v) is 3.92. The molecule has 0 aliphatic heterocycles. The van der Waals surface area contributed by atoms with Crippen LogP contribution in [0.25, 0.3) is 0 Å². The Balaban J connectivity index is 2.76. The van der Waals surface area contributed by atoms with Crippen molar-refractivity contribution >= 4 is 5.78 Å². The first-order valence-electron chi connectivity index (χ1n) is 3.92. The van der Waals surface area contributed by atoms with Crippen molar-refractivity contribution in [2.75, 3.05) is 0 Å². The van der Waals surface area contributed by atoms with Gasteiger partial charge in [0.1, 0.15) is 0 Å². The molecule has 0 N–H and O–H groups in total. The van der Waals surface area contributed by atoms with Gasteiger partial charge in [-0.1, -0.05) is 0 Å². The van der Waals surface area contributed by atoms with E-state index in [-0.39, 0.29) is 11.3 Å². The molecular formula is C9H9NO2. The number of fused-ring (bicyclic) bond motifs is 1. The molecular weight excluding hydrogens is 154 g/mol. The van der Waals surface area contributed by atoms with E-state index in [9.17, 15) is 9.59 Å². The molecule has 0 saturated carbocycles. The Hall–Kier alpha value is -1.38. The summed E-state index contributed by atoms with van der Waals surface area (Å²) in [6.07, 6.45) is 1.26. The van der Waals surface area contributed by atoms with E-state index in [4.69, 9.17) is 0 Å². The van der Waals surface area contributed by atoms with Crippen molar-refractivity contribution < 1.29 is 4.79 Å². The molecule has 0 aromatic carbocycles. The molecule has 0 atom stereocenters. The zero-order chi connectivity index (χ0) is 8.72. The fourth-order valence-electron chi connectivity index (χ4n) is 1.60. The number of Topliss-reactive ketones (excluding diaryl/α,β-unsaturated/α-hetero) is 1. The predicted molar refractivity (Wildman–Crippen MR) is 44.3 cm³/mol. The van der Waals surface area contributed by atoms with Gasteiger partial charge in [0.25, 0.3) is 0 Å². The summed E-state index contributed by atoms with van der Waals surface area (Å²) >= 11 is 0. The van der Waals surface area contributed by atoms with Crippen LogP contribution in [0, 0.1) is 0 Å². The normalized spacial score (nSPS) is 14.9. The largest absolute Gasteiger partial charge is 0.315 e. The molecule has 0 radical (unpaired) electrons. The molecule has 62 valence electrons. The third kappa shape index (κ3) is 0.826. The number of carbonyl (C=O) groups is 1. The van der Waals surface area contributed by atoms with Gasteiger partial charge in [-0.25, -0.2) is 0 Å². The van der Waals surface area contributed by atoms with Crippen molar-refractivity contribution in [2.45, 2.75) is 12.8 Å². The van der Waals surface area contributed by atoms with Crippen molar-refractivity contribution in [2.24, 2.45) is 7.05 Å². The molecule has 0 fully saturated rings. The smallest absolute Gasteiger partial charge is 0.250 e. The van der Waals surface area contributed by atoms with Gasteiger partial charge in [-0.15, -0.1) is 0 Å². The Morgan fingerprint density at radius 1 is 1.25 bits per heavy atom. The van der Waals surface area contributed by atoms with Gasteiger partial charge in [0.15, 0.2) is 5.78 Å². The van der Waals surface area contributed by atoms with Crippen LogP contribution in [-0.4, -0.2) is 10.4 Å². The van der Waals surface area contributed by atoms with Crippen molar-refractivity contribution in [3.05, 3.63) is 33.7 Å². The summed E-state index contributed by atoms with van der Waals surface area (Å²) in [5, 5.41) is 0. The number of ketones is 1. The predicted octanol–water partition coefficient (Wildman–Crippen LogP) is 0.514. The number of nitrogens with zero attached hydrogens (tertiary/aromatic N) is 1. The number of rotatable bonds is 0. The van der Waals surface area contributed by atoms with Crippen LogP contribution in [0.15, 0.2) is 16.9 Å². The van der Waals surface area contributed by atoms with E-state index in [1.54, 1.807) is 17.7 Å². The Morgan fingerprint density at radius 3 is 2.75 bits per heavy atom. The molecule has 0 saturated heterocycles. The van der Waals surface area contributed by atoms with Crippen LogP contribution in [0.2, 0.25) is 0 Å². The lowest BCUT2D eigenvalue weighted by Gasteiger charge is -2.03. The zero-order valence-electron chi connectivity index (χ0n) is 6.83. The van der Waals surface area contributed by atoms with Crippen LogP contribution >= 0.6 is 0 Å². The lowest BCUT2D eigenvalue weighted by molar-refractivity contribution is 0.0994. The van der Waals surface area contributed by atoms with Crippen LogP contribution in [0.5, 0.6) is 0 Å². The number of carbonyl (C=O) groups excluding carboxylic acids is 1. The second-order valence-corrected chi connectivity index (χ2v) is 3.01. The zero-order valence-corrected chi connectivity index (χ0v) is 6.83. The van der Waals surface area contributed by atoms with Gasteiger partial charge in [0.2, 0.25) is 5.56 Å². The Labute approximate surface area is 69.6 Å². The summed E-state index contributed by atoms with van der Waals surface area (Å²) in [6, 6.07) is 3.08. The van der Waals surface area contributed by atoms with Crippen molar-refractivity contribution in [3.63, 3.8) is 0 Å². The maximum absolute atomic E-state index is 11.2. The van der Waals surface area contributed by atoms with Crippen LogP contribution in [0.4, 0.5) is 0 Å². The van der Waals surface area contributed by atoms with Gasteiger partial charge >= 0.3 is 0 Å². The van der Waals surface area contributed by atoms with E-state index >= 15 is 0 Å². The summed E-state index contributed by atoms with van der Waals surface area (Å²) in [5.41, 5.74) is 1.56. The monoisotopic (exact) mass is 163 g/mol. The standard InChI is InChI=1S/C9H9NO2/c1-10-7-3-4-8(11)6(7)2-5-9(10)12/h2,5H,3-4H2,1H3. The minimum absolute atomic E-state index is 0.0385. The maximum atomic E-state index is 11.2. The van der Waals surface area contributed by atoms with Gasteiger partial charge in [-0.3, -0.25) is 9.59 Å². The number of hydrogen-bond donors (Lipinski definition) is 0. The summed E-state index contributed by atoms with van der Waals surface area (Å²) in [7, 11) is 1.71. The molecule has 1 aromatic heterocycles. The second-order valence-electron chi connectivity index (χ2n) is 3.01. The lowest BCUT2D eigenvalue weighted by atomic mass is 10.2. The van der Waals surface area contributed by atoms with E-state index in [2.05, 4.69) is 0 Å². The maximum Gasteiger partial charge on any atom is 0.250 e. The summed E-state index contributed by atoms with van der Waals surface area (Å²) in [5.74, 6) is 0.153. The molecule has 3 nitrogen and oxygen atoms in total. The molecule has 1 heterocycles. The van der Waals surface area contributed by atoms with Crippen molar-refractivity contribution in [1.29, 1.82) is 0 Å². The molecule has 3 heteroatoms. The van der Waals surface area contributed by atoms with E-state index in [0.717, 1.165) is 11.3 Å². The van der Waals surface area contributed by atoms with Crippen LogP contribution in [0.1, 0.15) is 22.5 Å². The fourth-order valence-corrected chi connectivity index (χ4v) is 1.60. The number of aromatic nitrogens is 1. The van der Waals surface area contributed by atoms with E-state index in [1.807, 2.05) is 0 Å². The second kappa shape index (κ2) is 2.30. The van der Waals surface area contributed by atoms with Gasteiger partial charge < -0.3 is 4.57 Å². The highest BCUT2D eigenvalue weighted by atomic mass is 16.1. The molecule has 1 aliphatic rings. The summed E-state index contributed by atoms with van der Waals surface area (Å²) in [6.45, 7) is 0. The molecule has 0 amide bonds. The highest BCUT2D eigenvalue weighted by molar-refractivity contribution is 5.99. The van der Waals surface area contributed by atoms with Gasteiger partial charge in [0.05, 0.1) is 0 Å². The highest BCUT2D eigenvalue weighted by Crippen LogP contribution is 2.18. The fraction of sp³-hybridized carbons (Fsp3) is 0.333. The molecule has 0 bridgehead atoms. The lowest BCUT2D eigenvalue weighted by Crippen LogP contribution is -2.19. The molecule has 1 aliphatic carbocycles. The van der Waals surface area contributed by atoms with Crippen molar-refractivity contribution in [1.82, 2.24) is 4.57 Å². The van der Waals surface area contributed by atoms with Gasteiger partial charge in [-0.05, 0) is 12.5 Å². The number of pyridine rings is 1. The third-order valence-electron chi connectivity index (χ3n) is 2.33. The molecule has 2 rings (SSSR count). The Bertz CT molecular complexity index is 403. The van der Waals surface area contributed by atoms with Gasteiger partial charge in [-0.2, -0.15) is 0 Å².